The van der Waals surface area contributed by atoms with Gasteiger partial charge in [-0.2, -0.15) is 0 Å². The molecule has 3 atom stereocenters. The second-order valence-corrected chi connectivity index (χ2v) is 8.98. The van der Waals surface area contributed by atoms with Crippen LogP contribution in [0.25, 0.3) is 10.9 Å². The molecule has 1 aliphatic rings. The number of hydrogen-bond donors (Lipinski definition) is 1. The number of piperidine rings is 1. The normalized spacial score (nSPS) is 18.9. The molecule has 0 saturated carbocycles. The number of aromatic nitrogens is 1. The molecule has 2 aromatic carbocycles. The van der Waals surface area contributed by atoms with E-state index in [0.29, 0.717) is 41.6 Å². The van der Waals surface area contributed by atoms with Gasteiger partial charge in [0.25, 0.3) is 0 Å². The van der Waals surface area contributed by atoms with Crippen molar-refractivity contribution in [2.45, 2.75) is 25.4 Å². The molecule has 0 bridgehead atoms. The van der Waals surface area contributed by atoms with Crippen molar-refractivity contribution < 1.29 is 27.8 Å². The summed E-state index contributed by atoms with van der Waals surface area (Å²) < 4.78 is 47.4. The Hall–Kier alpha value is -3.57. The number of hydrogen-bond acceptors (Lipinski definition) is 4. The van der Waals surface area contributed by atoms with Crippen LogP contribution < -0.4 is 4.74 Å². The first-order valence-corrected chi connectivity index (χ1v) is 11.8. The van der Waals surface area contributed by atoms with E-state index in [1.54, 1.807) is 37.6 Å². The fraction of sp³-hybridized carbons (Fsp3) is 0.357. The maximum absolute atomic E-state index is 15.3. The van der Waals surface area contributed by atoms with Crippen LogP contribution in [0.3, 0.4) is 0 Å². The van der Waals surface area contributed by atoms with Gasteiger partial charge >= 0.3 is 5.97 Å². The van der Waals surface area contributed by atoms with Crippen molar-refractivity contribution in [1.29, 1.82) is 0 Å². The number of carboxylic acids is 1. The Morgan fingerprint density at radius 2 is 2.08 bits per heavy atom. The Kier molecular flexibility index (Phi) is 8.11. The van der Waals surface area contributed by atoms with Crippen molar-refractivity contribution in [1.82, 2.24) is 9.88 Å². The van der Waals surface area contributed by atoms with Crippen molar-refractivity contribution >= 4 is 16.9 Å². The molecule has 0 unspecified atom stereocenters. The van der Waals surface area contributed by atoms with E-state index in [0.717, 1.165) is 12.1 Å². The molecule has 5 nitrogen and oxygen atoms in total. The van der Waals surface area contributed by atoms with E-state index < -0.39 is 29.7 Å². The monoisotopic (exact) mass is 496 g/mol. The summed E-state index contributed by atoms with van der Waals surface area (Å²) in [6.45, 7) is 1.16. The maximum Gasteiger partial charge on any atom is 0.308 e. The lowest BCUT2D eigenvalue weighted by Crippen LogP contribution is -2.44. The smallest absolute Gasteiger partial charge is 0.308 e. The van der Waals surface area contributed by atoms with Gasteiger partial charge in [-0.1, -0.05) is 11.8 Å². The molecule has 0 aliphatic carbocycles. The highest BCUT2D eigenvalue weighted by Crippen LogP contribution is 2.35. The van der Waals surface area contributed by atoms with Gasteiger partial charge < -0.3 is 9.84 Å². The van der Waals surface area contributed by atoms with Crippen LogP contribution in [0.15, 0.2) is 48.7 Å². The van der Waals surface area contributed by atoms with Gasteiger partial charge in [-0.15, -0.1) is 0 Å². The summed E-state index contributed by atoms with van der Waals surface area (Å²) >= 11 is 0. The number of methoxy groups -OCH3 is 1. The highest BCUT2D eigenvalue weighted by atomic mass is 19.1. The molecule has 1 aliphatic heterocycles. The average Bonchev–Trinajstić information content (AvgIpc) is 2.88. The highest BCUT2D eigenvalue weighted by Gasteiger charge is 2.34. The molecule has 1 saturated heterocycles. The first-order valence-electron chi connectivity index (χ1n) is 11.8. The van der Waals surface area contributed by atoms with Crippen molar-refractivity contribution in [3.63, 3.8) is 0 Å². The average molecular weight is 497 g/mol. The molecule has 0 amide bonds. The summed E-state index contributed by atoms with van der Waals surface area (Å²) in [5.74, 6) is 3.01. The van der Waals surface area contributed by atoms with Crippen LogP contribution in [0.5, 0.6) is 5.75 Å². The zero-order chi connectivity index (χ0) is 25.7. The van der Waals surface area contributed by atoms with E-state index in [4.69, 9.17) is 4.74 Å². The summed E-state index contributed by atoms with van der Waals surface area (Å²) in [4.78, 5) is 18.2. The standard InChI is InChI=1S/C28H27F3N2O3/c1-36-21-7-9-27-23(16-21)22(10-12-32-27)25(30)8-5-18-11-14-33(17-24(18)28(34)35)13-2-3-19-4-6-20(29)15-26(19)31/h4,6-7,9-10,12,15-16,18,24-25H,5,8,11,13-14,17H2,1H3,(H,34,35)/t18-,24+,25+/m1/s1. The zero-order valence-electron chi connectivity index (χ0n) is 19.9. The first kappa shape index (κ1) is 25.5. The number of pyridine rings is 1. The molecule has 1 aromatic heterocycles. The quantitative estimate of drug-likeness (QED) is 0.445. The third-order valence-corrected chi connectivity index (χ3v) is 6.72. The molecule has 0 spiro atoms. The third kappa shape index (κ3) is 5.97. The number of carbonyl (C=O) groups is 1. The van der Waals surface area contributed by atoms with Crippen molar-refractivity contribution in [3.05, 3.63) is 71.4 Å². The molecule has 3 aromatic rings. The van der Waals surface area contributed by atoms with E-state index >= 15 is 4.39 Å². The van der Waals surface area contributed by atoms with Crippen molar-refractivity contribution in [2.24, 2.45) is 11.8 Å². The molecule has 1 N–H and O–H groups in total. The molecule has 2 heterocycles. The van der Waals surface area contributed by atoms with Crippen LogP contribution in [-0.4, -0.2) is 47.7 Å². The molecule has 188 valence electrons. The molecular formula is C28H27F3N2O3. The number of nitrogens with zero attached hydrogens (tertiary/aromatic N) is 2. The summed E-state index contributed by atoms with van der Waals surface area (Å²) in [6, 6.07) is 10.2. The van der Waals surface area contributed by atoms with Crippen LogP contribution >= 0.6 is 0 Å². The molecule has 1 fully saturated rings. The second-order valence-electron chi connectivity index (χ2n) is 8.98. The minimum atomic E-state index is -1.26. The van der Waals surface area contributed by atoms with Gasteiger partial charge in [-0.25, -0.2) is 13.2 Å². The Bertz CT molecular complexity index is 1300. The van der Waals surface area contributed by atoms with Crippen LogP contribution in [0.1, 0.15) is 36.6 Å². The summed E-state index contributed by atoms with van der Waals surface area (Å²) in [6.07, 6.45) is 1.56. The predicted octanol–water partition coefficient (Wildman–Crippen LogP) is 5.39. The number of alkyl halides is 1. The SMILES string of the molecule is COc1ccc2nccc([C@@H](F)CC[C@@H]3CCN(CC#Cc4ccc(F)cc4F)C[C@@H]3C(=O)O)c2c1. The molecular weight excluding hydrogens is 469 g/mol. The zero-order valence-corrected chi connectivity index (χ0v) is 19.9. The largest absolute Gasteiger partial charge is 0.497 e. The summed E-state index contributed by atoms with van der Waals surface area (Å²) in [5, 5.41) is 10.5. The lowest BCUT2D eigenvalue weighted by molar-refractivity contribution is -0.146. The number of carboxylic acid groups (broad SMARTS) is 1. The lowest BCUT2D eigenvalue weighted by Gasteiger charge is -2.35. The number of halogens is 3. The van der Waals surface area contributed by atoms with Crippen LogP contribution in [0.2, 0.25) is 0 Å². The fourth-order valence-electron chi connectivity index (χ4n) is 4.74. The van der Waals surface area contributed by atoms with Crippen molar-refractivity contribution in [2.75, 3.05) is 26.7 Å². The number of benzene rings is 2. The van der Waals surface area contributed by atoms with Gasteiger partial charge in [-0.05, 0) is 73.7 Å². The molecule has 0 radical (unpaired) electrons. The topological polar surface area (TPSA) is 62.7 Å². The third-order valence-electron chi connectivity index (χ3n) is 6.72. The fourth-order valence-corrected chi connectivity index (χ4v) is 4.74. The van der Waals surface area contributed by atoms with Crippen molar-refractivity contribution in [3.8, 4) is 17.6 Å². The lowest BCUT2D eigenvalue weighted by atomic mass is 9.81. The van der Waals surface area contributed by atoms with Gasteiger partial charge in [0.15, 0.2) is 0 Å². The first-order chi connectivity index (χ1) is 17.4. The van der Waals surface area contributed by atoms with Crippen LogP contribution in [-0.2, 0) is 4.79 Å². The van der Waals surface area contributed by atoms with E-state index in [9.17, 15) is 18.7 Å². The van der Waals surface area contributed by atoms with Gasteiger partial charge in [0.05, 0.1) is 30.7 Å². The van der Waals surface area contributed by atoms with Gasteiger partial charge in [0.1, 0.15) is 23.6 Å². The minimum Gasteiger partial charge on any atom is -0.497 e. The minimum absolute atomic E-state index is 0.0938. The highest BCUT2D eigenvalue weighted by molar-refractivity contribution is 5.83. The van der Waals surface area contributed by atoms with E-state index in [1.807, 2.05) is 4.90 Å². The number of ether oxygens (including phenoxy) is 1. The van der Waals surface area contributed by atoms with Crippen LogP contribution in [0.4, 0.5) is 13.2 Å². The summed E-state index contributed by atoms with van der Waals surface area (Å²) in [7, 11) is 1.55. The Morgan fingerprint density at radius 3 is 2.83 bits per heavy atom. The number of aliphatic carboxylic acids is 1. The van der Waals surface area contributed by atoms with E-state index in [1.165, 1.54) is 6.07 Å². The Balaban J connectivity index is 1.38. The Labute approximate surface area is 207 Å². The molecule has 4 rings (SSSR count). The second kappa shape index (κ2) is 11.4. The Morgan fingerprint density at radius 1 is 1.25 bits per heavy atom. The van der Waals surface area contributed by atoms with E-state index in [-0.39, 0.29) is 31.0 Å². The van der Waals surface area contributed by atoms with Gasteiger partial charge in [0, 0.05) is 24.2 Å². The predicted molar refractivity (Wildman–Crippen MR) is 130 cm³/mol. The summed E-state index contributed by atoms with van der Waals surface area (Å²) in [5.41, 5.74) is 1.29. The maximum atomic E-state index is 15.3. The van der Waals surface area contributed by atoms with Gasteiger partial charge in [-0.3, -0.25) is 14.7 Å². The number of likely N-dealkylation sites (tertiary alicyclic amines) is 1. The van der Waals surface area contributed by atoms with E-state index in [2.05, 4.69) is 16.8 Å². The number of rotatable bonds is 7. The molecule has 36 heavy (non-hydrogen) atoms. The number of fused-ring (bicyclic) bond motifs is 1. The molecule has 8 heteroatoms. The van der Waals surface area contributed by atoms with Gasteiger partial charge in [0.2, 0.25) is 0 Å². The van der Waals surface area contributed by atoms with Crippen LogP contribution in [0, 0.1) is 35.3 Å².